The van der Waals surface area contributed by atoms with Gasteiger partial charge in [-0.05, 0) is 43.0 Å². The summed E-state index contributed by atoms with van der Waals surface area (Å²) in [5.41, 5.74) is 5.37. The van der Waals surface area contributed by atoms with Crippen molar-refractivity contribution in [3.05, 3.63) is 71.0 Å². The zero-order valence-electron chi connectivity index (χ0n) is 18.6. The number of nitrogens with zero attached hydrogens (tertiary/aromatic N) is 2. The van der Waals surface area contributed by atoms with Crippen molar-refractivity contribution in [2.45, 2.75) is 51.5 Å². The molecule has 0 bridgehead atoms. The van der Waals surface area contributed by atoms with Crippen molar-refractivity contribution in [3.8, 4) is 0 Å². The molecule has 2 amide bonds. The fourth-order valence-electron chi connectivity index (χ4n) is 4.32. The summed E-state index contributed by atoms with van der Waals surface area (Å²) in [6, 6.07) is 13.3. The van der Waals surface area contributed by atoms with Gasteiger partial charge in [0, 0.05) is 0 Å². The number of carbonyl (C=O) groups is 3. The van der Waals surface area contributed by atoms with Gasteiger partial charge in [-0.25, -0.2) is 4.39 Å². The topological polar surface area (TPSA) is 92.8 Å². The van der Waals surface area contributed by atoms with Crippen molar-refractivity contribution in [1.29, 1.82) is 0 Å². The Morgan fingerprint density at radius 2 is 1.84 bits per heavy atom. The summed E-state index contributed by atoms with van der Waals surface area (Å²) in [6.45, 7) is 5.13. The standard InChI is InChI=1S/C25H28FN3O3/c1-4-13-25(18-9-7-6-8-10-18)24(32)29(16(3)28-25)15-22(30)20-12-11-17(14-21(20)26)19(5-2)23(27)31/h6-12,14,19H,4-5,13,15H2,1-3H3,(H2,27,31). The molecule has 0 aromatic heterocycles. The normalized spacial score (nSPS) is 19.1. The highest BCUT2D eigenvalue weighted by Gasteiger charge is 2.48. The molecule has 1 aliphatic heterocycles. The van der Waals surface area contributed by atoms with Crippen LogP contribution in [0.4, 0.5) is 4.39 Å². The summed E-state index contributed by atoms with van der Waals surface area (Å²) in [6.07, 6.45) is 1.67. The number of hydrogen-bond acceptors (Lipinski definition) is 4. The molecule has 1 aliphatic rings. The molecule has 2 aromatic carbocycles. The molecule has 7 heteroatoms. The van der Waals surface area contributed by atoms with E-state index in [2.05, 4.69) is 4.99 Å². The highest BCUT2D eigenvalue weighted by molar-refractivity contribution is 6.11. The number of primary amides is 1. The van der Waals surface area contributed by atoms with E-state index < -0.39 is 29.0 Å². The van der Waals surface area contributed by atoms with Crippen LogP contribution < -0.4 is 5.73 Å². The van der Waals surface area contributed by atoms with Crippen LogP contribution in [0, 0.1) is 5.82 Å². The van der Waals surface area contributed by atoms with Gasteiger partial charge in [0.2, 0.25) is 5.91 Å². The molecule has 2 N–H and O–H groups in total. The summed E-state index contributed by atoms with van der Waals surface area (Å²) in [7, 11) is 0. The van der Waals surface area contributed by atoms with Crippen LogP contribution in [-0.2, 0) is 15.1 Å². The first-order valence-corrected chi connectivity index (χ1v) is 10.8. The van der Waals surface area contributed by atoms with E-state index in [1.165, 1.54) is 23.1 Å². The van der Waals surface area contributed by atoms with Crippen molar-refractivity contribution >= 4 is 23.4 Å². The van der Waals surface area contributed by atoms with Crippen molar-refractivity contribution in [2.75, 3.05) is 6.54 Å². The maximum atomic E-state index is 14.8. The van der Waals surface area contributed by atoms with Crippen LogP contribution in [0.15, 0.2) is 53.5 Å². The number of aliphatic imine (C=N–C) groups is 1. The molecule has 2 atom stereocenters. The van der Waals surface area contributed by atoms with E-state index in [0.29, 0.717) is 24.2 Å². The van der Waals surface area contributed by atoms with Gasteiger partial charge in [0.05, 0.1) is 18.0 Å². The average Bonchev–Trinajstić information content (AvgIpc) is 3.00. The molecule has 0 radical (unpaired) electrons. The van der Waals surface area contributed by atoms with Crippen LogP contribution >= 0.6 is 0 Å². The van der Waals surface area contributed by atoms with Crippen LogP contribution in [-0.4, -0.2) is 34.9 Å². The van der Waals surface area contributed by atoms with Crippen molar-refractivity contribution in [1.82, 2.24) is 4.90 Å². The Morgan fingerprint density at radius 3 is 2.41 bits per heavy atom. The lowest BCUT2D eigenvalue weighted by atomic mass is 9.85. The SMILES string of the molecule is CCCC1(c2ccccc2)N=C(C)N(CC(=O)c2ccc(C(CC)C(N)=O)cc2F)C1=O. The number of nitrogens with two attached hydrogens (primary N) is 1. The fraction of sp³-hybridized carbons (Fsp3) is 0.360. The first kappa shape index (κ1) is 23.3. The zero-order valence-corrected chi connectivity index (χ0v) is 18.6. The Balaban J connectivity index is 1.86. The van der Waals surface area contributed by atoms with E-state index >= 15 is 0 Å². The maximum Gasteiger partial charge on any atom is 0.260 e. The molecule has 6 nitrogen and oxygen atoms in total. The molecule has 0 saturated carbocycles. The average molecular weight is 438 g/mol. The smallest absolute Gasteiger partial charge is 0.260 e. The Hall–Kier alpha value is -3.35. The van der Waals surface area contributed by atoms with Crippen LogP contribution in [0.2, 0.25) is 0 Å². The Morgan fingerprint density at radius 1 is 1.16 bits per heavy atom. The second-order valence-electron chi connectivity index (χ2n) is 8.05. The number of ketones is 1. The first-order valence-electron chi connectivity index (χ1n) is 10.8. The number of hydrogen-bond donors (Lipinski definition) is 1. The highest BCUT2D eigenvalue weighted by atomic mass is 19.1. The number of carbonyl (C=O) groups excluding carboxylic acids is 3. The van der Waals surface area contributed by atoms with E-state index in [-0.39, 0.29) is 18.0 Å². The van der Waals surface area contributed by atoms with Gasteiger partial charge in [0.1, 0.15) is 11.7 Å². The fourth-order valence-corrected chi connectivity index (χ4v) is 4.32. The Labute approximate surface area is 187 Å². The van der Waals surface area contributed by atoms with Crippen molar-refractivity contribution in [3.63, 3.8) is 0 Å². The molecular weight excluding hydrogens is 409 g/mol. The number of amidine groups is 1. The molecule has 1 heterocycles. The second-order valence-corrected chi connectivity index (χ2v) is 8.05. The number of halogens is 1. The number of Topliss-reactive ketones (excluding diaryl/α,β-unsaturated/α-hetero) is 1. The van der Waals surface area contributed by atoms with Crippen molar-refractivity contribution in [2.24, 2.45) is 10.7 Å². The second kappa shape index (κ2) is 9.42. The summed E-state index contributed by atoms with van der Waals surface area (Å²) in [5, 5.41) is 0. The molecule has 0 spiro atoms. The zero-order chi connectivity index (χ0) is 23.5. The monoisotopic (exact) mass is 437 g/mol. The highest BCUT2D eigenvalue weighted by Crippen LogP contribution is 2.38. The quantitative estimate of drug-likeness (QED) is 0.602. The molecule has 2 unspecified atom stereocenters. The third kappa shape index (κ3) is 4.20. The molecule has 0 fully saturated rings. The third-order valence-corrected chi connectivity index (χ3v) is 5.95. The van der Waals surface area contributed by atoms with Gasteiger partial charge in [-0.2, -0.15) is 0 Å². The summed E-state index contributed by atoms with van der Waals surface area (Å²) >= 11 is 0. The predicted molar refractivity (Wildman–Crippen MR) is 121 cm³/mol. The van der Waals surface area contributed by atoms with Crippen LogP contribution in [0.25, 0.3) is 0 Å². The minimum Gasteiger partial charge on any atom is -0.369 e. The minimum atomic E-state index is -1.07. The van der Waals surface area contributed by atoms with Gasteiger partial charge >= 0.3 is 0 Å². The van der Waals surface area contributed by atoms with E-state index in [0.717, 1.165) is 12.0 Å². The summed E-state index contributed by atoms with van der Waals surface area (Å²) in [5.74, 6) is -2.30. The number of benzene rings is 2. The van der Waals surface area contributed by atoms with Crippen molar-refractivity contribution < 1.29 is 18.8 Å². The molecule has 2 aromatic rings. The first-order chi connectivity index (χ1) is 15.2. The number of rotatable bonds is 9. The van der Waals surface area contributed by atoms with Gasteiger partial charge in [-0.15, -0.1) is 0 Å². The molecule has 0 saturated heterocycles. The van der Waals surface area contributed by atoms with Crippen LogP contribution in [0.5, 0.6) is 0 Å². The lowest BCUT2D eigenvalue weighted by Crippen LogP contribution is -2.43. The van der Waals surface area contributed by atoms with Gasteiger partial charge in [-0.3, -0.25) is 24.3 Å². The summed E-state index contributed by atoms with van der Waals surface area (Å²) in [4.78, 5) is 43.9. The Kier molecular flexibility index (Phi) is 6.87. The van der Waals surface area contributed by atoms with E-state index in [4.69, 9.17) is 5.73 Å². The third-order valence-electron chi connectivity index (χ3n) is 5.95. The van der Waals surface area contributed by atoms with E-state index in [1.54, 1.807) is 13.8 Å². The van der Waals surface area contributed by atoms with Gasteiger partial charge in [-0.1, -0.05) is 56.7 Å². The lowest BCUT2D eigenvalue weighted by molar-refractivity contribution is -0.131. The minimum absolute atomic E-state index is 0.138. The van der Waals surface area contributed by atoms with E-state index in [1.807, 2.05) is 37.3 Å². The Bertz CT molecular complexity index is 1070. The maximum absolute atomic E-state index is 14.8. The van der Waals surface area contributed by atoms with Crippen LogP contribution in [0.1, 0.15) is 67.4 Å². The number of amides is 2. The van der Waals surface area contributed by atoms with Crippen LogP contribution in [0.3, 0.4) is 0 Å². The molecule has 32 heavy (non-hydrogen) atoms. The molecular formula is C25H28FN3O3. The largest absolute Gasteiger partial charge is 0.369 e. The summed E-state index contributed by atoms with van der Waals surface area (Å²) < 4.78 is 14.8. The van der Waals surface area contributed by atoms with Gasteiger partial charge < -0.3 is 5.73 Å². The molecule has 3 rings (SSSR count). The molecule has 168 valence electrons. The van der Waals surface area contributed by atoms with Gasteiger partial charge in [0.15, 0.2) is 11.3 Å². The van der Waals surface area contributed by atoms with Gasteiger partial charge in [0.25, 0.3) is 5.91 Å². The van der Waals surface area contributed by atoms with E-state index in [9.17, 15) is 18.8 Å². The molecule has 0 aliphatic carbocycles. The lowest BCUT2D eigenvalue weighted by Gasteiger charge is -2.26. The predicted octanol–water partition coefficient (Wildman–Crippen LogP) is 3.94.